The van der Waals surface area contributed by atoms with E-state index in [-0.39, 0.29) is 36.4 Å². The molecule has 0 heterocycles. The van der Waals surface area contributed by atoms with Gasteiger partial charge in [0.05, 0.1) is 6.42 Å². The highest BCUT2D eigenvalue weighted by molar-refractivity contribution is 14.0. The molecule has 1 amide bonds. The van der Waals surface area contributed by atoms with Crippen molar-refractivity contribution in [3.05, 3.63) is 34.3 Å². The maximum Gasteiger partial charge on any atom is 0.390 e. The van der Waals surface area contributed by atoms with E-state index >= 15 is 0 Å². The van der Waals surface area contributed by atoms with Crippen molar-refractivity contribution in [3.8, 4) is 0 Å². The van der Waals surface area contributed by atoms with Gasteiger partial charge >= 0.3 is 6.18 Å². The fourth-order valence-corrected chi connectivity index (χ4v) is 2.17. The van der Waals surface area contributed by atoms with Crippen molar-refractivity contribution >= 4 is 51.8 Å². The molecule has 0 saturated heterocycles. The molecule has 1 aromatic rings. The van der Waals surface area contributed by atoms with E-state index in [0.717, 1.165) is 4.47 Å². The molecule has 5 nitrogen and oxygen atoms in total. The van der Waals surface area contributed by atoms with Crippen LogP contribution >= 0.6 is 39.9 Å². The summed E-state index contributed by atoms with van der Waals surface area (Å²) in [5, 5.41) is 8.25. The Labute approximate surface area is 170 Å². The standard InChI is InChI=1S/C15H20BrF3N4O.HI/c1-20-14(23-9-6-15(17,18)19)22-8-3-7-21-13(24)11-4-2-5-12(16)10-11;/h2,4-5,10H,3,6-9H2,1H3,(H,21,24)(H2,20,22,23);1H. The molecule has 0 saturated carbocycles. The Balaban J connectivity index is 0.00000576. The van der Waals surface area contributed by atoms with Gasteiger partial charge in [-0.1, -0.05) is 22.0 Å². The molecule has 0 unspecified atom stereocenters. The normalized spacial score (nSPS) is 11.5. The van der Waals surface area contributed by atoms with Crippen LogP contribution in [0.5, 0.6) is 0 Å². The second-order valence-corrected chi connectivity index (χ2v) is 5.83. The average Bonchev–Trinajstić information content (AvgIpc) is 2.51. The summed E-state index contributed by atoms with van der Waals surface area (Å²) in [4.78, 5) is 15.7. The van der Waals surface area contributed by atoms with Crippen molar-refractivity contribution < 1.29 is 18.0 Å². The van der Waals surface area contributed by atoms with Crippen LogP contribution in [0.3, 0.4) is 0 Å². The number of alkyl halides is 3. The summed E-state index contributed by atoms with van der Waals surface area (Å²) in [5.41, 5.74) is 0.557. The van der Waals surface area contributed by atoms with Crippen LogP contribution < -0.4 is 16.0 Å². The highest BCUT2D eigenvalue weighted by Crippen LogP contribution is 2.18. The van der Waals surface area contributed by atoms with Crippen molar-refractivity contribution in [3.63, 3.8) is 0 Å². The first-order chi connectivity index (χ1) is 11.3. The molecule has 0 atom stereocenters. The predicted molar refractivity (Wildman–Crippen MR) is 107 cm³/mol. The Morgan fingerprint density at radius 2 is 1.80 bits per heavy atom. The molecule has 1 rings (SSSR count). The van der Waals surface area contributed by atoms with Gasteiger partial charge in [0.2, 0.25) is 0 Å². The van der Waals surface area contributed by atoms with Gasteiger partial charge in [-0.2, -0.15) is 13.2 Å². The van der Waals surface area contributed by atoms with Crippen LogP contribution in [-0.2, 0) is 0 Å². The molecule has 0 fully saturated rings. The number of hydrogen-bond donors (Lipinski definition) is 3. The van der Waals surface area contributed by atoms with Crippen LogP contribution in [-0.4, -0.2) is 44.7 Å². The van der Waals surface area contributed by atoms with Crippen molar-refractivity contribution in [2.75, 3.05) is 26.7 Å². The minimum atomic E-state index is -4.19. The molecular weight excluding hydrogens is 516 g/mol. The molecule has 0 aliphatic carbocycles. The van der Waals surface area contributed by atoms with Crippen LogP contribution in [0.15, 0.2) is 33.7 Å². The summed E-state index contributed by atoms with van der Waals surface area (Å²) in [7, 11) is 1.48. The second kappa shape index (κ2) is 12.3. The average molecular weight is 537 g/mol. The Bertz CT molecular complexity index is 570. The zero-order chi connectivity index (χ0) is 18.0. The van der Waals surface area contributed by atoms with Crippen LogP contribution in [0.1, 0.15) is 23.2 Å². The van der Waals surface area contributed by atoms with Gasteiger partial charge < -0.3 is 16.0 Å². The molecule has 25 heavy (non-hydrogen) atoms. The molecule has 0 radical (unpaired) electrons. The molecule has 0 aliphatic rings. The van der Waals surface area contributed by atoms with Crippen molar-refractivity contribution in [1.82, 2.24) is 16.0 Å². The van der Waals surface area contributed by atoms with E-state index in [0.29, 0.717) is 31.0 Å². The fraction of sp³-hybridized carbons (Fsp3) is 0.467. The van der Waals surface area contributed by atoms with Crippen LogP contribution in [0, 0.1) is 0 Å². The highest BCUT2D eigenvalue weighted by atomic mass is 127. The smallest absolute Gasteiger partial charge is 0.356 e. The quantitative estimate of drug-likeness (QED) is 0.217. The fourth-order valence-electron chi connectivity index (χ4n) is 1.77. The Kier molecular flexibility index (Phi) is 11.8. The van der Waals surface area contributed by atoms with Gasteiger partial charge in [0.15, 0.2) is 5.96 Å². The zero-order valence-corrected chi connectivity index (χ0v) is 17.5. The first-order valence-corrected chi connectivity index (χ1v) is 8.16. The monoisotopic (exact) mass is 536 g/mol. The Hall–Kier alpha value is -1.04. The summed E-state index contributed by atoms with van der Waals surface area (Å²) < 4.78 is 37.0. The van der Waals surface area contributed by atoms with Gasteiger partial charge in [-0.3, -0.25) is 9.79 Å². The lowest BCUT2D eigenvalue weighted by atomic mass is 10.2. The number of nitrogens with one attached hydrogen (secondary N) is 3. The summed E-state index contributed by atoms with van der Waals surface area (Å²) in [6, 6.07) is 7.04. The maximum absolute atomic E-state index is 12.1. The SMILES string of the molecule is CN=C(NCCCNC(=O)c1cccc(Br)c1)NCCC(F)(F)F.I. The van der Waals surface area contributed by atoms with Gasteiger partial charge in [0.25, 0.3) is 5.91 Å². The summed E-state index contributed by atoms with van der Waals surface area (Å²) in [6.07, 6.45) is -4.50. The van der Waals surface area contributed by atoms with Crippen LogP contribution in [0.4, 0.5) is 13.2 Å². The number of amides is 1. The van der Waals surface area contributed by atoms with E-state index in [2.05, 4.69) is 36.9 Å². The number of hydrogen-bond acceptors (Lipinski definition) is 2. The highest BCUT2D eigenvalue weighted by Gasteiger charge is 2.26. The molecule has 3 N–H and O–H groups in total. The molecule has 0 aliphatic heterocycles. The molecule has 1 aromatic carbocycles. The molecule has 0 aromatic heterocycles. The van der Waals surface area contributed by atoms with Gasteiger partial charge in [0.1, 0.15) is 0 Å². The molecular formula is C15H21BrF3IN4O. The van der Waals surface area contributed by atoms with E-state index in [4.69, 9.17) is 0 Å². The Morgan fingerprint density at radius 3 is 2.40 bits per heavy atom. The molecule has 142 valence electrons. The van der Waals surface area contributed by atoms with Crippen molar-refractivity contribution in [1.29, 1.82) is 0 Å². The first kappa shape index (κ1) is 24.0. The lowest BCUT2D eigenvalue weighted by molar-refractivity contribution is -0.132. The van der Waals surface area contributed by atoms with E-state index in [1.54, 1.807) is 18.2 Å². The molecule has 0 bridgehead atoms. The van der Waals surface area contributed by atoms with E-state index in [9.17, 15) is 18.0 Å². The lowest BCUT2D eigenvalue weighted by Gasteiger charge is -2.13. The van der Waals surface area contributed by atoms with E-state index < -0.39 is 12.6 Å². The van der Waals surface area contributed by atoms with Crippen LogP contribution in [0.2, 0.25) is 0 Å². The van der Waals surface area contributed by atoms with Gasteiger partial charge in [0, 0.05) is 36.7 Å². The topological polar surface area (TPSA) is 65.5 Å². The number of carbonyl (C=O) groups excluding carboxylic acids is 1. The number of guanidine groups is 1. The van der Waals surface area contributed by atoms with Crippen molar-refractivity contribution in [2.45, 2.75) is 19.0 Å². The van der Waals surface area contributed by atoms with Gasteiger partial charge in [-0.15, -0.1) is 24.0 Å². The predicted octanol–water partition coefficient (Wildman–Crippen LogP) is 3.30. The molecule has 0 spiro atoms. The summed E-state index contributed by atoms with van der Waals surface area (Å²) in [5.74, 6) is 0.126. The number of halogens is 5. The minimum absolute atomic E-state index is 0. The number of carbonyl (C=O) groups is 1. The number of benzene rings is 1. The molecule has 10 heteroatoms. The van der Waals surface area contributed by atoms with Crippen LogP contribution in [0.25, 0.3) is 0 Å². The number of nitrogens with zero attached hydrogens (tertiary/aromatic N) is 1. The van der Waals surface area contributed by atoms with Crippen molar-refractivity contribution in [2.24, 2.45) is 4.99 Å². The third-order valence-corrected chi connectivity index (χ3v) is 3.44. The number of rotatable bonds is 7. The van der Waals surface area contributed by atoms with Gasteiger partial charge in [-0.05, 0) is 24.6 Å². The summed E-state index contributed by atoms with van der Waals surface area (Å²) >= 11 is 3.30. The van der Waals surface area contributed by atoms with Gasteiger partial charge in [-0.25, -0.2) is 0 Å². The second-order valence-electron chi connectivity index (χ2n) is 4.91. The largest absolute Gasteiger partial charge is 0.390 e. The lowest BCUT2D eigenvalue weighted by Crippen LogP contribution is -2.40. The third kappa shape index (κ3) is 11.2. The van der Waals surface area contributed by atoms with E-state index in [1.165, 1.54) is 7.05 Å². The zero-order valence-electron chi connectivity index (χ0n) is 13.6. The minimum Gasteiger partial charge on any atom is -0.356 e. The summed E-state index contributed by atoms with van der Waals surface area (Å²) in [6.45, 7) is 0.686. The third-order valence-electron chi connectivity index (χ3n) is 2.94. The first-order valence-electron chi connectivity index (χ1n) is 7.37. The maximum atomic E-state index is 12.1. The Morgan fingerprint density at radius 1 is 1.16 bits per heavy atom. The number of aliphatic imine (C=N–C) groups is 1. The van der Waals surface area contributed by atoms with E-state index in [1.807, 2.05) is 6.07 Å².